The Morgan fingerprint density at radius 3 is 2.48 bits per heavy atom. The van der Waals surface area contributed by atoms with Crippen LogP contribution in [0.5, 0.6) is 11.5 Å². The first-order chi connectivity index (χ1) is 13.9. The van der Waals surface area contributed by atoms with Crippen molar-refractivity contribution in [2.75, 3.05) is 18.6 Å². The van der Waals surface area contributed by atoms with E-state index in [4.69, 9.17) is 9.47 Å². The van der Waals surface area contributed by atoms with Crippen molar-refractivity contribution in [3.05, 3.63) is 70.7 Å². The average molecular weight is 457 g/mol. The summed E-state index contributed by atoms with van der Waals surface area (Å²) in [5, 5.41) is 2.19. The molecule has 0 aromatic heterocycles. The molecule has 29 heavy (non-hydrogen) atoms. The summed E-state index contributed by atoms with van der Waals surface area (Å²) in [5.41, 5.74) is 0.749. The Morgan fingerprint density at radius 1 is 1.14 bits per heavy atom. The van der Waals surface area contributed by atoms with E-state index in [0.29, 0.717) is 33.8 Å². The minimum absolute atomic E-state index is 0.160. The van der Waals surface area contributed by atoms with Crippen LogP contribution < -0.4 is 19.7 Å². The van der Waals surface area contributed by atoms with Crippen LogP contribution in [0.2, 0.25) is 0 Å². The Labute approximate surface area is 175 Å². The van der Waals surface area contributed by atoms with Gasteiger partial charge in [-0.1, -0.05) is 18.7 Å². The van der Waals surface area contributed by atoms with E-state index in [0.717, 1.165) is 4.90 Å². The zero-order chi connectivity index (χ0) is 21.0. The van der Waals surface area contributed by atoms with Gasteiger partial charge in [0.15, 0.2) is 0 Å². The van der Waals surface area contributed by atoms with Gasteiger partial charge in [0.1, 0.15) is 23.7 Å². The van der Waals surface area contributed by atoms with Crippen LogP contribution in [0.4, 0.5) is 10.5 Å². The van der Waals surface area contributed by atoms with Crippen molar-refractivity contribution in [3.8, 4) is 11.5 Å². The molecule has 0 spiro atoms. The third kappa shape index (κ3) is 4.38. The van der Waals surface area contributed by atoms with Crippen molar-refractivity contribution in [1.82, 2.24) is 5.32 Å². The number of rotatable bonds is 6. The Hall–Kier alpha value is -3.39. The van der Waals surface area contributed by atoms with Crippen LogP contribution in [0.3, 0.4) is 0 Å². The Balaban J connectivity index is 1.92. The number of halogens is 1. The van der Waals surface area contributed by atoms with Gasteiger partial charge in [-0.05, 0) is 64.0 Å². The van der Waals surface area contributed by atoms with Crippen molar-refractivity contribution < 1.29 is 23.9 Å². The molecule has 1 saturated heterocycles. The molecule has 4 amide bonds. The maximum Gasteiger partial charge on any atom is 0.335 e. The molecular weight excluding hydrogens is 440 g/mol. The fraction of sp³-hybridized carbons (Fsp3) is 0.0952. The number of imide groups is 2. The molecule has 0 radical (unpaired) electrons. The van der Waals surface area contributed by atoms with Crippen LogP contribution in [0.15, 0.2) is 65.2 Å². The number of hydrogen-bond acceptors (Lipinski definition) is 5. The Kier molecular flexibility index (Phi) is 6.13. The second-order valence-electron chi connectivity index (χ2n) is 5.95. The molecular formula is C21H17BrN2O5. The number of anilines is 1. The number of amides is 4. The van der Waals surface area contributed by atoms with E-state index in [9.17, 15) is 14.4 Å². The minimum atomic E-state index is -0.809. The van der Waals surface area contributed by atoms with Gasteiger partial charge in [0, 0.05) is 0 Å². The van der Waals surface area contributed by atoms with Crippen LogP contribution in [0, 0.1) is 0 Å². The smallest absolute Gasteiger partial charge is 0.335 e. The summed E-state index contributed by atoms with van der Waals surface area (Å²) in [5.74, 6) is -0.296. The molecule has 0 unspecified atom stereocenters. The summed E-state index contributed by atoms with van der Waals surface area (Å²) in [6.45, 7) is 3.94. The summed E-state index contributed by atoms with van der Waals surface area (Å²) in [7, 11) is 1.51. The van der Waals surface area contributed by atoms with Crippen molar-refractivity contribution in [2.24, 2.45) is 0 Å². The highest BCUT2D eigenvalue weighted by Gasteiger charge is 2.36. The van der Waals surface area contributed by atoms with Crippen molar-refractivity contribution in [1.29, 1.82) is 0 Å². The SMILES string of the molecule is C=CCOc1ccc(/C=C2\C(=O)NC(=O)N(c3ccc(OC)cc3)C2=O)cc1Br. The largest absolute Gasteiger partial charge is 0.497 e. The lowest BCUT2D eigenvalue weighted by Crippen LogP contribution is -2.54. The molecule has 8 heteroatoms. The second kappa shape index (κ2) is 8.74. The molecule has 0 atom stereocenters. The Bertz CT molecular complexity index is 1010. The predicted molar refractivity (Wildman–Crippen MR) is 112 cm³/mol. The van der Waals surface area contributed by atoms with Gasteiger partial charge >= 0.3 is 6.03 Å². The molecule has 7 nitrogen and oxygen atoms in total. The molecule has 0 aliphatic carbocycles. The highest BCUT2D eigenvalue weighted by atomic mass is 79.9. The number of urea groups is 1. The second-order valence-corrected chi connectivity index (χ2v) is 6.80. The standard InChI is InChI=1S/C21H17BrN2O5/c1-3-10-29-18-9-4-13(12-17(18)22)11-16-19(25)23-21(27)24(20(16)26)14-5-7-15(28-2)8-6-14/h3-9,11-12H,1,10H2,2H3,(H,23,25,27)/b16-11+. The van der Waals surface area contributed by atoms with E-state index in [-0.39, 0.29) is 5.57 Å². The van der Waals surface area contributed by atoms with Crippen molar-refractivity contribution >= 4 is 45.5 Å². The number of nitrogens with zero attached hydrogens (tertiary/aromatic N) is 1. The van der Waals surface area contributed by atoms with Gasteiger partial charge in [0.2, 0.25) is 0 Å². The summed E-state index contributed by atoms with van der Waals surface area (Å²) in [6, 6.07) is 10.7. The molecule has 2 aromatic rings. The van der Waals surface area contributed by atoms with Crippen LogP contribution in [0.1, 0.15) is 5.56 Å². The molecule has 148 valence electrons. The fourth-order valence-electron chi connectivity index (χ4n) is 2.66. The molecule has 0 saturated carbocycles. The summed E-state index contributed by atoms with van der Waals surface area (Å²) < 4.78 is 11.2. The molecule has 0 bridgehead atoms. The number of carbonyl (C=O) groups excluding carboxylic acids is 3. The number of barbiturate groups is 1. The number of ether oxygens (including phenoxy) is 2. The van der Waals surface area contributed by atoms with Gasteiger partial charge < -0.3 is 9.47 Å². The zero-order valence-corrected chi connectivity index (χ0v) is 17.1. The van der Waals surface area contributed by atoms with Gasteiger partial charge in [-0.3, -0.25) is 14.9 Å². The Morgan fingerprint density at radius 2 is 1.86 bits per heavy atom. The maximum absolute atomic E-state index is 12.9. The van der Waals surface area contributed by atoms with Crippen molar-refractivity contribution in [2.45, 2.75) is 0 Å². The van der Waals surface area contributed by atoms with E-state index in [1.807, 2.05) is 0 Å². The van der Waals surface area contributed by atoms with E-state index in [1.54, 1.807) is 48.5 Å². The molecule has 2 aromatic carbocycles. The van der Waals surface area contributed by atoms with E-state index >= 15 is 0 Å². The van der Waals surface area contributed by atoms with E-state index in [2.05, 4.69) is 27.8 Å². The minimum Gasteiger partial charge on any atom is -0.497 e. The van der Waals surface area contributed by atoms with Crippen LogP contribution in [-0.4, -0.2) is 31.6 Å². The third-order valence-electron chi connectivity index (χ3n) is 4.06. The topological polar surface area (TPSA) is 84.9 Å². The fourth-order valence-corrected chi connectivity index (χ4v) is 3.17. The predicted octanol–water partition coefficient (Wildman–Crippen LogP) is 3.69. The first-order valence-electron chi connectivity index (χ1n) is 8.53. The molecule has 3 rings (SSSR count). The average Bonchev–Trinajstić information content (AvgIpc) is 2.71. The number of nitrogens with one attached hydrogen (secondary N) is 1. The number of benzene rings is 2. The first kappa shape index (κ1) is 20.3. The van der Waals surface area contributed by atoms with Crippen LogP contribution in [0.25, 0.3) is 6.08 Å². The van der Waals surface area contributed by atoms with Gasteiger partial charge in [0.05, 0.1) is 17.3 Å². The quantitative estimate of drug-likeness (QED) is 0.407. The van der Waals surface area contributed by atoms with E-state index in [1.165, 1.54) is 13.2 Å². The molecule has 1 heterocycles. The number of methoxy groups -OCH3 is 1. The van der Waals surface area contributed by atoms with Gasteiger partial charge in [-0.15, -0.1) is 0 Å². The number of hydrogen-bond donors (Lipinski definition) is 1. The van der Waals surface area contributed by atoms with Crippen LogP contribution >= 0.6 is 15.9 Å². The molecule has 1 fully saturated rings. The molecule has 1 aliphatic heterocycles. The zero-order valence-electron chi connectivity index (χ0n) is 15.5. The monoisotopic (exact) mass is 456 g/mol. The van der Waals surface area contributed by atoms with Gasteiger partial charge in [-0.25, -0.2) is 9.69 Å². The highest BCUT2D eigenvalue weighted by molar-refractivity contribution is 9.10. The van der Waals surface area contributed by atoms with Gasteiger partial charge in [-0.2, -0.15) is 0 Å². The lowest BCUT2D eigenvalue weighted by atomic mass is 10.1. The van der Waals surface area contributed by atoms with Crippen LogP contribution in [-0.2, 0) is 9.59 Å². The summed E-state index contributed by atoms with van der Waals surface area (Å²) >= 11 is 3.39. The van der Waals surface area contributed by atoms with Crippen molar-refractivity contribution in [3.63, 3.8) is 0 Å². The summed E-state index contributed by atoms with van der Waals surface area (Å²) in [6.07, 6.45) is 3.04. The van der Waals surface area contributed by atoms with Gasteiger partial charge in [0.25, 0.3) is 11.8 Å². The molecule has 1 N–H and O–H groups in total. The maximum atomic E-state index is 12.9. The normalized spacial score (nSPS) is 15.3. The first-order valence-corrected chi connectivity index (χ1v) is 9.32. The third-order valence-corrected chi connectivity index (χ3v) is 4.68. The summed E-state index contributed by atoms with van der Waals surface area (Å²) in [4.78, 5) is 38.3. The molecule has 1 aliphatic rings. The highest BCUT2D eigenvalue weighted by Crippen LogP contribution is 2.28. The number of carbonyl (C=O) groups is 3. The lowest BCUT2D eigenvalue weighted by Gasteiger charge is -2.26. The van der Waals surface area contributed by atoms with E-state index < -0.39 is 17.8 Å². The lowest BCUT2D eigenvalue weighted by molar-refractivity contribution is -0.122.